The van der Waals surface area contributed by atoms with Gasteiger partial charge >= 0.3 is 0 Å². The summed E-state index contributed by atoms with van der Waals surface area (Å²) in [5.74, 6) is 4.17. The van der Waals surface area contributed by atoms with Gasteiger partial charge in [0, 0.05) is 62.6 Å². The number of nitrogens with one attached hydrogen (secondary N) is 5. The van der Waals surface area contributed by atoms with Crippen molar-refractivity contribution in [2.24, 2.45) is 5.41 Å². The van der Waals surface area contributed by atoms with Gasteiger partial charge in [-0.25, -0.2) is 14.4 Å². The summed E-state index contributed by atoms with van der Waals surface area (Å²) < 4.78 is 41.6. The molecule has 0 radical (unpaired) electrons. The summed E-state index contributed by atoms with van der Waals surface area (Å²) in [6.07, 6.45) is 5.98. The molecule has 4 atom stereocenters. The van der Waals surface area contributed by atoms with E-state index in [4.69, 9.17) is 23.9 Å². The summed E-state index contributed by atoms with van der Waals surface area (Å²) in [6.45, 7) is 10.6. The molecule has 3 fully saturated rings. The Morgan fingerprint density at radius 2 is 1.40 bits per heavy atom. The number of amides is 5. The molecule has 0 bridgehead atoms. The van der Waals surface area contributed by atoms with Gasteiger partial charge in [-0.15, -0.1) is 11.3 Å². The first-order valence-corrected chi connectivity index (χ1v) is 35.4. The number of alkyl halides is 1. The van der Waals surface area contributed by atoms with E-state index in [0.717, 1.165) is 86.4 Å². The van der Waals surface area contributed by atoms with E-state index in [-0.39, 0.29) is 89.0 Å². The van der Waals surface area contributed by atoms with E-state index in [0.29, 0.717) is 76.4 Å². The lowest BCUT2D eigenvalue weighted by Gasteiger charge is -2.36. The molecule has 4 aromatic carbocycles. The predicted molar refractivity (Wildman–Crippen MR) is 377 cm³/mol. The average Bonchev–Trinajstić information content (AvgIpc) is 1.58. The summed E-state index contributed by atoms with van der Waals surface area (Å²) >= 11 is 1.50. The minimum atomic E-state index is -2.02. The highest BCUT2D eigenvalue weighted by Gasteiger charge is 2.53. The van der Waals surface area contributed by atoms with Crippen LogP contribution < -0.4 is 26.8 Å². The topological polar surface area (TPSA) is 274 Å². The molecule has 5 amide bonds. The summed E-state index contributed by atoms with van der Waals surface area (Å²) in [7, 11) is 0. The van der Waals surface area contributed by atoms with E-state index in [1.807, 2.05) is 90.6 Å². The lowest BCUT2D eigenvalue weighted by atomic mass is 9.85. The molecular weight excluding hydrogens is 1280 g/mol. The molecule has 526 valence electrons. The molecule has 3 aromatic heterocycles. The molecule has 23 heteroatoms. The van der Waals surface area contributed by atoms with Gasteiger partial charge in [0.15, 0.2) is 5.67 Å². The quantitative estimate of drug-likeness (QED) is 0.0150. The molecular formula is C76H93FN10O11S. The number of carbonyl (C=O) groups is 5. The van der Waals surface area contributed by atoms with Crippen molar-refractivity contribution in [3.05, 3.63) is 149 Å². The Morgan fingerprint density at radius 3 is 2.06 bits per heavy atom. The number of hydrogen-bond acceptors (Lipinski definition) is 15. The van der Waals surface area contributed by atoms with Gasteiger partial charge in [-0.2, -0.15) is 0 Å². The number of carbonyl (C=O) groups excluding carboxylic acids is 5. The second-order valence-electron chi connectivity index (χ2n) is 26.8. The fourth-order valence-corrected chi connectivity index (χ4v) is 13.5. The van der Waals surface area contributed by atoms with Crippen molar-refractivity contribution in [2.75, 3.05) is 72.5 Å². The fraction of sp³-hybridized carbons (Fsp3) is 0.474. The maximum atomic E-state index is 14.8. The van der Waals surface area contributed by atoms with Gasteiger partial charge in [-0.1, -0.05) is 130 Å². The number of thiazole rings is 1. The first-order valence-electron chi connectivity index (χ1n) is 34.5. The molecule has 1 saturated heterocycles. The van der Waals surface area contributed by atoms with Crippen molar-refractivity contribution in [1.29, 1.82) is 5.41 Å². The number of aliphatic hydroxyl groups is 2. The van der Waals surface area contributed by atoms with Crippen molar-refractivity contribution in [2.45, 2.75) is 153 Å². The summed E-state index contributed by atoms with van der Waals surface area (Å²) in [4.78, 5) is 78.8. The van der Waals surface area contributed by atoms with E-state index in [2.05, 4.69) is 79.1 Å². The molecule has 0 spiro atoms. The number of β-amino-alcohol motifs (C(OH)–C–C–N with tert-alkyl or cyclic N) is 1. The molecule has 2 aliphatic carbocycles. The largest absolute Gasteiger partial charge is 0.393 e. The highest BCUT2D eigenvalue weighted by molar-refractivity contribution is 7.13. The van der Waals surface area contributed by atoms with Crippen LogP contribution in [-0.2, 0) is 49.5 Å². The molecule has 7 aromatic rings. The van der Waals surface area contributed by atoms with Gasteiger partial charge in [0.05, 0.1) is 111 Å². The Kier molecular flexibility index (Phi) is 25.9. The number of nitrogens with zero attached hydrogens (tertiary/aromatic N) is 5. The molecule has 10 rings (SSSR count). The van der Waals surface area contributed by atoms with E-state index < -0.39 is 53.0 Å². The Balaban J connectivity index is 0.587. The van der Waals surface area contributed by atoms with Crippen LogP contribution in [0.25, 0.3) is 43.9 Å². The molecule has 1 unspecified atom stereocenters. The summed E-state index contributed by atoms with van der Waals surface area (Å²) in [5, 5.41) is 42.9. The standard InChI is InChI=1S/C76H93FN10O11S/c1-51-68(99-50-82-51)57-25-23-54(24-26-57)61(83-72(92)62-45-60(89)48-85(62)73(93)69(75(2,3)4)84-74(94)76(77)32-33-76)46-64(91)80-35-37-96-39-41-98-43-42-97-40-38-95-36-31-63(90)79-34-14-6-5-9-16-52-17-15-18-53(44-52)47-86-67(56-21-12-8-13-22-56)65(55-19-10-7-11-20-55)66-70(78)87(49-81-71(66)86)58-27-29-59(88)30-28-58/h7-8,10-13,15,17-26,44,49-50,58-62,69,78,88-89H,5-6,14,27-43,45-48H2,1-4H3,(H,79,90)(H,80,91)(H,83,92)(H,84,94)/t58?,59?,60-,61+,62+,69?/m1/s1. The first kappa shape index (κ1) is 73.3. The zero-order valence-corrected chi connectivity index (χ0v) is 57.9. The van der Waals surface area contributed by atoms with Crippen molar-refractivity contribution in [3.63, 3.8) is 0 Å². The highest BCUT2D eigenvalue weighted by Crippen LogP contribution is 2.42. The number of fused-ring (bicyclic) bond motifs is 1. The van der Waals surface area contributed by atoms with Gasteiger partial charge in [0.1, 0.15) is 23.2 Å². The summed E-state index contributed by atoms with van der Waals surface area (Å²) in [5.41, 5.74) is 8.49. The van der Waals surface area contributed by atoms with Crippen LogP contribution in [0.2, 0.25) is 0 Å². The maximum Gasteiger partial charge on any atom is 0.258 e. The Hall–Kier alpha value is -8.47. The summed E-state index contributed by atoms with van der Waals surface area (Å²) in [6, 6.07) is 33.3. The number of likely N-dealkylation sites (tertiary alicyclic amines) is 1. The van der Waals surface area contributed by atoms with Gasteiger partial charge in [0.2, 0.25) is 23.6 Å². The molecule has 2 saturated carbocycles. The predicted octanol–water partition coefficient (Wildman–Crippen LogP) is 9.06. The van der Waals surface area contributed by atoms with Crippen LogP contribution in [0.3, 0.4) is 0 Å². The average molecular weight is 1370 g/mol. The minimum Gasteiger partial charge on any atom is -0.393 e. The number of aryl methyl sites for hydroxylation is 1. The van der Waals surface area contributed by atoms with Crippen molar-refractivity contribution in [3.8, 4) is 44.7 Å². The zero-order valence-electron chi connectivity index (χ0n) is 57.1. The number of benzene rings is 4. The third-order valence-electron chi connectivity index (χ3n) is 18.3. The number of rotatable bonds is 33. The van der Waals surface area contributed by atoms with Crippen LogP contribution in [0.15, 0.2) is 121 Å². The number of ether oxygens (including phenoxy) is 4. The smallest absolute Gasteiger partial charge is 0.258 e. The maximum absolute atomic E-state index is 14.8. The van der Waals surface area contributed by atoms with Crippen LogP contribution in [0.5, 0.6) is 0 Å². The van der Waals surface area contributed by atoms with Crippen molar-refractivity contribution >= 4 is 51.9 Å². The lowest BCUT2D eigenvalue weighted by Crippen LogP contribution is -2.59. The number of halogens is 1. The number of aromatic nitrogens is 4. The van der Waals surface area contributed by atoms with Crippen LogP contribution in [0.1, 0.15) is 132 Å². The second-order valence-corrected chi connectivity index (χ2v) is 27.7. The van der Waals surface area contributed by atoms with Gasteiger partial charge in [-0.3, -0.25) is 29.4 Å². The SMILES string of the molecule is Cc1ncsc1-c1ccc([C@H](CC(=O)NCCOCCOCCOCCOCCC(=O)NCCCCC#Cc2cccc(Cn3c(-c4ccccc4)c(-c4ccccc4)c4c(=N)n(C5CCC(O)CC5)cnc43)c2)NC(=O)[C@@H]2C[C@@H](O)CN2C(=O)C(NC(=O)C2(F)CC2)C(C)(C)C)cc1. The molecule has 4 heterocycles. The minimum absolute atomic E-state index is 0.0675. The highest BCUT2D eigenvalue weighted by atomic mass is 32.1. The fourth-order valence-electron chi connectivity index (χ4n) is 12.7. The second kappa shape index (κ2) is 35.0. The number of hydrogen-bond donors (Lipinski definition) is 7. The monoisotopic (exact) mass is 1370 g/mol. The number of aliphatic hydroxyl groups excluding tert-OH is 2. The van der Waals surface area contributed by atoms with Crippen LogP contribution in [-0.4, -0.2) is 166 Å². The molecule has 3 aliphatic rings. The Bertz CT molecular complexity index is 3980. The zero-order chi connectivity index (χ0) is 69.9. The van der Waals surface area contributed by atoms with Crippen molar-refractivity contribution in [1.82, 2.24) is 45.3 Å². The van der Waals surface area contributed by atoms with Gasteiger partial charge in [-0.05, 0) is 104 Å². The van der Waals surface area contributed by atoms with E-state index in [1.165, 1.54) is 16.2 Å². The van der Waals surface area contributed by atoms with Crippen LogP contribution >= 0.6 is 11.3 Å². The molecule has 1 aliphatic heterocycles. The van der Waals surface area contributed by atoms with Crippen LogP contribution in [0, 0.1) is 29.6 Å². The lowest BCUT2D eigenvalue weighted by molar-refractivity contribution is -0.145. The van der Waals surface area contributed by atoms with E-state index in [9.17, 15) is 44.0 Å². The van der Waals surface area contributed by atoms with Crippen molar-refractivity contribution < 1.29 is 57.5 Å². The molecule has 99 heavy (non-hydrogen) atoms. The Labute approximate surface area is 582 Å². The third kappa shape index (κ3) is 19.9. The normalized spacial score (nSPS) is 17.9. The van der Waals surface area contributed by atoms with Gasteiger partial charge in [0.25, 0.3) is 5.91 Å². The first-order chi connectivity index (χ1) is 47.8. The van der Waals surface area contributed by atoms with E-state index >= 15 is 0 Å². The Morgan fingerprint density at radius 1 is 0.747 bits per heavy atom. The van der Waals surface area contributed by atoms with Gasteiger partial charge < -0.3 is 64.5 Å². The third-order valence-corrected chi connectivity index (χ3v) is 19.3. The number of unbranched alkanes of at least 4 members (excludes halogenated alkanes) is 2. The molecule has 7 N–H and O–H groups in total. The molecule has 21 nitrogen and oxygen atoms in total. The van der Waals surface area contributed by atoms with Crippen LogP contribution in [0.4, 0.5) is 4.39 Å². The van der Waals surface area contributed by atoms with E-state index in [1.54, 1.807) is 26.3 Å².